The average molecular weight is 328 g/mol. The minimum atomic E-state index is -0.255. The van der Waals surface area contributed by atoms with E-state index in [0.29, 0.717) is 19.0 Å². The molecule has 0 atom stereocenters. The van der Waals surface area contributed by atoms with E-state index in [1.807, 2.05) is 0 Å². The number of rotatable bonds is 8. The van der Waals surface area contributed by atoms with Gasteiger partial charge >= 0.3 is 0 Å². The van der Waals surface area contributed by atoms with E-state index in [1.54, 1.807) is 13.3 Å². The number of nitrogens with one attached hydrogen (secondary N) is 2. The van der Waals surface area contributed by atoms with Gasteiger partial charge in [-0.2, -0.15) is 0 Å². The molecule has 0 radical (unpaired) electrons. The fourth-order valence-electron chi connectivity index (χ4n) is 2.40. The highest BCUT2D eigenvalue weighted by Gasteiger charge is 2.10. The van der Waals surface area contributed by atoms with Crippen molar-refractivity contribution in [2.75, 3.05) is 25.6 Å². The smallest absolute Gasteiger partial charge is 0.271 e. The van der Waals surface area contributed by atoms with E-state index >= 15 is 0 Å². The molecule has 0 bridgehead atoms. The molecule has 0 spiro atoms. The number of carbonyl (C=O) groups excluding carboxylic acids is 1. The van der Waals surface area contributed by atoms with Crippen LogP contribution in [0.25, 0.3) is 0 Å². The maximum atomic E-state index is 11.9. The molecule has 1 aromatic carbocycles. The van der Waals surface area contributed by atoms with Gasteiger partial charge in [-0.3, -0.25) is 4.79 Å². The highest BCUT2D eigenvalue weighted by molar-refractivity contribution is 5.92. The number of aromatic nitrogens is 2. The van der Waals surface area contributed by atoms with E-state index in [2.05, 4.69) is 52.6 Å². The van der Waals surface area contributed by atoms with Crippen molar-refractivity contribution in [3.8, 4) is 0 Å². The summed E-state index contributed by atoms with van der Waals surface area (Å²) in [4.78, 5) is 20.4. The van der Waals surface area contributed by atoms with Crippen molar-refractivity contribution in [3.05, 3.63) is 47.4 Å². The molecule has 2 aromatic rings. The third-order valence-electron chi connectivity index (χ3n) is 3.73. The van der Waals surface area contributed by atoms with E-state index in [-0.39, 0.29) is 11.6 Å². The lowest BCUT2D eigenvalue weighted by Crippen LogP contribution is -2.27. The lowest BCUT2D eigenvalue weighted by Gasteiger charge is -2.14. The Morgan fingerprint density at radius 3 is 2.38 bits per heavy atom. The Balaban J connectivity index is 2.11. The summed E-state index contributed by atoms with van der Waals surface area (Å²) in [7, 11) is 1.59. The van der Waals surface area contributed by atoms with Crippen LogP contribution in [-0.2, 0) is 17.6 Å². The third kappa shape index (κ3) is 4.52. The Labute approximate surface area is 142 Å². The standard InChI is InChI=1S/C18H24N4O2/c1-4-13-7-6-8-14(5-2)17(13)22-16-12-20-15(11-21-16)18(23)19-9-10-24-3/h6-8,11-12H,4-5,9-10H2,1-3H3,(H,19,23)(H,21,22). The SMILES string of the molecule is CCc1cccc(CC)c1Nc1cnc(C(=O)NCCOC)cn1. The molecule has 0 aliphatic heterocycles. The number of anilines is 2. The van der Waals surface area contributed by atoms with Crippen molar-refractivity contribution in [3.63, 3.8) is 0 Å². The Bertz CT molecular complexity index is 649. The molecule has 0 saturated heterocycles. The summed E-state index contributed by atoms with van der Waals surface area (Å²) in [5, 5.41) is 6.05. The van der Waals surface area contributed by atoms with Crippen LogP contribution < -0.4 is 10.6 Å². The van der Waals surface area contributed by atoms with E-state index in [4.69, 9.17) is 4.74 Å². The predicted octanol–water partition coefficient (Wildman–Crippen LogP) is 2.72. The minimum absolute atomic E-state index is 0.255. The second-order valence-electron chi connectivity index (χ2n) is 5.32. The summed E-state index contributed by atoms with van der Waals surface area (Å²) in [6.07, 6.45) is 4.93. The second-order valence-corrected chi connectivity index (χ2v) is 5.32. The number of amides is 1. The molecule has 6 nitrogen and oxygen atoms in total. The van der Waals surface area contributed by atoms with Gasteiger partial charge in [0.25, 0.3) is 5.91 Å². The molecule has 2 rings (SSSR count). The second kappa shape index (κ2) is 8.98. The average Bonchev–Trinajstić information content (AvgIpc) is 2.62. The van der Waals surface area contributed by atoms with Crippen molar-refractivity contribution < 1.29 is 9.53 Å². The number of nitrogens with zero attached hydrogens (tertiary/aromatic N) is 2. The van der Waals surface area contributed by atoms with Crippen LogP contribution in [0.2, 0.25) is 0 Å². The molecule has 6 heteroatoms. The molecular weight excluding hydrogens is 304 g/mol. The number of aryl methyl sites for hydroxylation is 2. The van der Waals surface area contributed by atoms with Gasteiger partial charge in [0.1, 0.15) is 11.5 Å². The van der Waals surface area contributed by atoms with Gasteiger partial charge in [0.05, 0.1) is 19.0 Å². The van der Waals surface area contributed by atoms with Gasteiger partial charge in [0, 0.05) is 19.3 Å². The zero-order valence-electron chi connectivity index (χ0n) is 14.4. The molecule has 0 aliphatic rings. The quantitative estimate of drug-likeness (QED) is 0.729. The van der Waals surface area contributed by atoms with Crippen LogP contribution in [0.15, 0.2) is 30.6 Å². The number of benzene rings is 1. The number of methoxy groups -OCH3 is 1. The van der Waals surface area contributed by atoms with Crippen molar-refractivity contribution >= 4 is 17.4 Å². The fourth-order valence-corrected chi connectivity index (χ4v) is 2.40. The first-order chi connectivity index (χ1) is 11.7. The number of para-hydroxylation sites is 1. The molecule has 1 heterocycles. The molecule has 0 saturated carbocycles. The zero-order valence-corrected chi connectivity index (χ0v) is 14.4. The van der Waals surface area contributed by atoms with E-state index in [9.17, 15) is 4.79 Å². The lowest BCUT2D eigenvalue weighted by atomic mass is 10.0. The topological polar surface area (TPSA) is 76.1 Å². The van der Waals surface area contributed by atoms with Crippen molar-refractivity contribution in [2.24, 2.45) is 0 Å². The summed E-state index contributed by atoms with van der Waals surface area (Å²) in [6.45, 7) is 5.16. The van der Waals surface area contributed by atoms with Gasteiger partial charge in [0.2, 0.25) is 0 Å². The van der Waals surface area contributed by atoms with Crippen LogP contribution >= 0.6 is 0 Å². The Morgan fingerprint density at radius 1 is 1.12 bits per heavy atom. The van der Waals surface area contributed by atoms with E-state index in [1.165, 1.54) is 17.3 Å². The van der Waals surface area contributed by atoms with E-state index < -0.39 is 0 Å². The third-order valence-corrected chi connectivity index (χ3v) is 3.73. The monoisotopic (exact) mass is 328 g/mol. The molecule has 2 N–H and O–H groups in total. The highest BCUT2D eigenvalue weighted by atomic mass is 16.5. The summed E-state index contributed by atoms with van der Waals surface area (Å²) < 4.78 is 4.90. The van der Waals surface area contributed by atoms with Crippen LogP contribution in [0.4, 0.5) is 11.5 Å². The Hall–Kier alpha value is -2.47. The van der Waals surface area contributed by atoms with Crippen molar-refractivity contribution in [1.82, 2.24) is 15.3 Å². The maximum Gasteiger partial charge on any atom is 0.271 e. The summed E-state index contributed by atoms with van der Waals surface area (Å²) in [5.41, 5.74) is 3.83. The summed E-state index contributed by atoms with van der Waals surface area (Å²) >= 11 is 0. The van der Waals surface area contributed by atoms with Crippen LogP contribution in [0, 0.1) is 0 Å². The Kier molecular flexibility index (Phi) is 6.69. The van der Waals surface area contributed by atoms with Crippen molar-refractivity contribution in [2.45, 2.75) is 26.7 Å². The van der Waals surface area contributed by atoms with Gasteiger partial charge in [-0.15, -0.1) is 0 Å². The van der Waals surface area contributed by atoms with Gasteiger partial charge in [-0.25, -0.2) is 9.97 Å². The molecule has 1 amide bonds. The molecular formula is C18H24N4O2. The summed E-state index contributed by atoms with van der Waals surface area (Å²) in [5.74, 6) is 0.369. The van der Waals surface area contributed by atoms with Crippen LogP contribution in [0.1, 0.15) is 35.5 Å². The predicted molar refractivity (Wildman–Crippen MR) is 94.7 cm³/mol. The van der Waals surface area contributed by atoms with E-state index in [0.717, 1.165) is 18.5 Å². The van der Waals surface area contributed by atoms with Gasteiger partial charge < -0.3 is 15.4 Å². The van der Waals surface area contributed by atoms with Gasteiger partial charge in [-0.1, -0.05) is 32.0 Å². The van der Waals surface area contributed by atoms with Gasteiger partial charge in [0.15, 0.2) is 0 Å². The van der Waals surface area contributed by atoms with Crippen LogP contribution in [0.3, 0.4) is 0 Å². The normalized spacial score (nSPS) is 10.5. The number of carbonyl (C=O) groups is 1. The van der Waals surface area contributed by atoms with Crippen LogP contribution in [-0.4, -0.2) is 36.1 Å². The zero-order chi connectivity index (χ0) is 17.4. The molecule has 0 unspecified atom stereocenters. The fraction of sp³-hybridized carbons (Fsp3) is 0.389. The first-order valence-electron chi connectivity index (χ1n) is 8.16. The largest absolute Gasteiger partial charge is 0.383 e. The number of hydrogen-bond donors (Lipinski definition) is 2. The van der Waals surface area contributed by atoms with Gasteiger partial charge in [-0.05, 0) is 24.0 Å². The Morgan fingerprint density at radius 2 is 1.83 bits per heavy atom. The first-order valence-corrected chi connectivity index (χ1v) is 8.16. The van der Waals surface area contributed by atoms with Crippen molar-refractivity contribution in [1.29, 1.82) is 0 Å². The lowest BCUT2D eigenvalue weighted by molar-refractivity contribution is 0.0932. The first kappa shape index (κ1) is 17.9. The summed E-state index contributed by atoms with van der Waals surface area (Å²) in [6, 6.07) is 6.28. The molecule has 0 fully saturated rings. The number of ether oxygens (including phenoxy) is 1. The maximum absolute atomic E-state index is 11.9. The molecule has 0 aliphatic carbocycles. The highest BCUT2D eigenvalue weighted by Crippen LogP contribution is 2.25. The minimum Gasteiger partial charge on any atom is -0.383 e. The number of hydrogen-bond acceptors (Lipinski definition) is 5. The molecule has 24 heavy (non-hydrogen) atoms. The molecule has 1 aromatic heterocycles. The van der Waals surface area contributed by atoms with Crippen LogP contribution in [0.5, 0.6) is 0 Å². The molecule has 128 valence electrons.